The quantitative estimate of drug-likeness (QED) is 0.172. The minimum absolute atomic E-state index is 0.0321. The highest BCUT2D eigenvalue weighted by molar-refractivity contribution is 6.33. The normalized spacial score (nSPS) is 34.5. The van der Waals surface area contributed by atoms with Crippen LogP contribution >= 0.6 is 0 Å². The van der Waals surface area contributed by atoms with Gasteiger partial charge in [0.1, 0.15) is 11.7 Å². The predicted molar refractivity (Wildman–Crippen MR) is 150 cm³/mol. The number of phenolic OH excluding ortho intramolecular Hbond substituents is 1. The summed E-state index contributed by atoms with van der Waals surface area (Å²) in [6.45, 7) is 0. The molecule has 15 heteroatoms. The van der Waals surface area contributed by atoms with E-state index in [2.05, 4.69) is 0 Å². The van der Waals surface area contributed by atoms with Crippen molar-refractivity contribution in [1.82, 2.24) is 4.90 Å². The number of hydrogen-bond donors (Lipinski definition) is 7. The maximum absolute atomic E-state index is 14.5. The molecule has 0 spiro atoms. The smallest absolute Gasteiger partial charge is 0.248 e. The van der Waals surface area contributed by atoms with E-state index in [1.165, 1.54) is 56.6 Å². The van der Waals surface area contributed by atoms with Gasteiger partial charge in [0.05, 0.1) is 40.9 Å². The number of fused-ring (bicyclic) bond motifs is 3. The van der Waals surface area contributed by atoms with Crippen LogP contribution in [0.4, 0.5) is 0 Å². The average Bonchev–Trinajstić information content (AvgIpc) is 2.94. The maximum atomic E-state index is 14.5. The molecule has 228 valence electrons. The van der Waals surface area contributed by atoms with Crippen molar-refractivity contribution in [3.63, 3.8) is 0 Å². The SMILES string of the molecule is CN(C)[C@@H]1C(=O)C(C(N)=O)C(=O)[C@@]2(C#N)C(=O)C3C(=O)c4c(ccc(-c5cccc(C(N)=O)c5)c4O)[C@H](N)[C@@]3(N)[C@H](O)[C@@]12N. The van der Waals surface area contributed by atoms with E-state index in [-0.39, 0.29) is 22.3 Å². The van der Waals surface area contributed by atoms with Crippen molar-refractivity contribution in [2.45, 2.75) is 29.3 Å². The zero-order chi connectivity index (χ0) is 32.8. The summed E-state index contributed by atoms with van der Waals surface area (Å²) in [6.07, 6.45) is -2.35. The number of phenols is 1. The van der Waals surface area contributed by atoms with Crippen molar-refractivity contribution in [3.8, 4) is 22.9 Å². The Labute approximate surface area is 249 Å². The number of aromatic hydroxyl groups is 1. The van der Waals surface area contributed by atoms with Crippen molar-refractivity contribution in [1.29, 1.82) is 5.26 Å². The van der Waals surface area contributed by atoms with E-state index in [1.54, 1.807) is 0 Å². The largest absolute Gasteiger partial charge is 0.507 e. The number of hydrogen-bond acceptors (Lipinski definition) is 13. The summed E-state index contributed by atoms with van der Waals surface area (Å²) < 4.78 is 0. The molecule has 0 saturated heterocycles. The highest BCUT2D eigenvalue weighted by Gasteiger charge is 2.83. The summed E-state index contributed by atoms with van der Waals surface area (Å²) in [7, 11) is 2.60. The summed E-state index contributed by atoms with van der Waals surface area (Å²) >= 11 is 0. The van der Waals surface area contributed by atoms with Crippen molar-refractivity contribution >= 4 is 34.9 Å². The van der Waals surface area contributed by atoms with Gasteiger partial charge in [0, 0.05) is 11.1 Å². The Morgan fingerprint density at radius 2 is 1.66 bits per heavy atom. The molecule has 2 aromatic carbocycles. The highest BCUT2D eigenvalue weighted by atomic mass is 16.3. The van der Waals surface area contributed by atoms with Crippen LogP contribution in [-0.2, 0) is 19.2 Å². The Balaban J connectivity index is 1.80. The van der Waals surface area contributed by atoms with Gasteiger partial charge >= 0.3 is 0 Å². The van der Waals surface area contributed by atoms with Crippen LogP contribution in [0.15, 0.2) is 36.4 Å². The van der Waals surface area contributed by atoms with Gasteiger partial charge in [-0.2, -0.15) is 5.26 Å². The molecule has 0 aliphatic heterocycles. The van der Waals surface area contributed by atoms with Crippen molar-refractivity contribution < 1.29 is 39.0 Å². The van der Waals surface area contributed by atoms with Crippen LogP contribution < -0.4 is 28.7 Å². The molecule has 2 saturated carbocycles. The Kier molecular flexibility index (Phi) is 6.66. The van der Waals surface area contributed by atoms with Crippen LogP contribution in [0.2, 0.25) is 0 Å². The molecule has 2 aromatic rings. The Hall–Kier alpha value is -4.85. The number of rotatable bonds is 4. The second-order valence-electron chi connectivity index (χ2n) is 11.7. The fourth-order valence-corrected chi connectivity index (χ4v) is 7.33. The summed E-state index contributed by atoms with van der Waals surface area (Å²) in [5, 5.41) is 33.8. The highest BCUT2D eigenvalue weighted by Crippen LogP contribution is 2.58. The van der Waals surface area contributed by atoms with Crippen LogP contribution in [0.1, 0.15) is 32.3 Å². The van der Waals surface area contributed by atoms with Gasteiger partial charge in [-0.25, -0.2) is 0 Å². The topological polar surface area (TPSA) is 300 Å². The molecule has 2 amide bonds. The summed E-state index contributed by atoms with van der Waals surface area (Å²) in [6, 6.07) is 6.54. The van der Waals surface area contributed by atoms with Crippen LogP contribution in [0.3, 0.4) is 0 Å². The number of ketones is 4. The number of nitrogens with two attached hydrogens (primary N) is 5. The molecule has 2 fully saturated rings. The standard InChI is InChI=1S/C29H29N7O8/c1-36(2)21-19(39)15(25(33)43)22(40)27(9-30)23(41)16-18(38)14-13(20(31)28(16,34)26(44)29(21,27)35)7-6-12(17(14)37)10-4-3-5-11(8-10)24(32)42/h3-8,15-16,20-21,26,37,44H,31,34-35H2,1-2H3,(H2,32,42)(H2,33,43)/t15?,16?,20-,21+,26-,27-,28+,29-/m0/s1. The number of nitriles is 1. The van der Waals surface area contributed by atoms with Gasteiger partial charge in [0.15, 0.2) is 34.5 Å². The predicted octanol–water partition coefficient (Wildman–Crippen LogP) is -3.00. The van der Waals surface area contributed by atoms with Crippen molar-refractivity contribution in [3.05, 3.63) is 53.1 Å². The third-order valence-corrected chi connectivity index (χ3v) is 9.36. The molecule has 8 atom stereocenters. The Morgan fingerprint density at radius 1 is 1.02 bits per heavy atom. The number of Topliss-reactive ketones (excluding diaryl/α,β-unsaturated/α-hetero) is 4. The van der Waals surface area contributed by atoms with Crippen molar-refractivity contribution in [2.75, 3.05) is 14.1 Å². The van der Waals surface area contributed by atoms with Gasteiger partial charge in [-0.05, 0) is 37.4 Å². The third-order valence-electron chi connectivity index (χ3n) is 9.36. The number of amides is 2. The van der Waals surface area contributed by atoms with Crippen LogP contribution in [0.25, 0.3) is 11.1 Å². The molecular formula is C29H29N7O8. The molecule has 12 N–H and O–H groups in total. The lowest BCUT2D eigenvalue weighted by molar-refractivity contribution is -0.181. The fourth-order valence-electron chi connectivity index (χ4n) is 7.33. The van der Waals surface area contributed by atoms with Gasteiger partial charge in [-0.3, -0.25) is 33.7 Å². The average molecular weight is 604 g/mol. The van der Waals surface area contributed by atoms with Crippen LogP contribution in [0.5, 0.6) is 5.75 Å². The first-order valence-corrected chi connectivity index (χ1v) is 13.3. The molecule has 15 nitrogen and oxygen atoms in total. The van der Waals surface area contributed by atoms with E-state index >= 15 is 0 Å². The lowest BCUT2D eigenvalue weighted by atomic mass is 9.41. The first-order valence-electron chi connectivity index (χ1n) is 13.3. The zero-order valence-corrected chi connectivity index (χ0v) is 23.5. The second-order valence-corrected chi connectivity index (χ2v) is 11.7. The fraction of sp³-hybridized carbons (Fsp3) is 0.345. The molecule has 3 aliphatic rings. The minimum atomic E-state index is -3.17. The lowest BCUT2D eigenvalue weighted by Crippen LogP contribution is -2.92. The molecular weight excluding hydrogens is 574 g/mol. The number of carbonyl (C=O) groups excluding carboxylic acids is 6. The summed E-state index contributed by atoms with van der Waals surface area (Å²) in [4.78, 5) is 81.3. The zero-order valence-electron chi connectivity index (χ0n) is 23.5. The van der Waals surface area contributed by atoms with E-state index < -0.39 is 92.8 Å². The number of nitrogens with zero attached hydrogens (tertiary/aromatic N) is 2. The summed E-state index contributed by atoms with van der Waals surface area (Å²) in [5.41, 5.74) is 21.9. The van der Waals surface area contributed by atoms with E-state index in [4.69, 9.17) is 28.7 Å². The van der Waals surface area contributed by atoms with Gasteiger partial charge in [0.2, 0.25) is 11.8 Å². The molecule has 44 heavy (non-hydrogen) atoms. The molecule has 0 heterocycles. The Morgan fingerprint density at radius 3 is 2.20 bits per heavy atom. The molecule has 5 rings (SSSR count). The van der Waals surface area contributed by atoms with E-state index in [1.807, 2.05) is 0 Å². The summed E-state index contributed by atoms with van der Waals surface area (Å²) in [5.74, 6) is -12.9. The van der Waals surface area contributed by atoms with Gasteiger partial charge in [0.25, 0.3) is 0 Å². The number of likely N-dealkylation sites (N-methyl/N-ethyl adjacent to an activating group) is 1. The number of aliphatic hydroxyl groups is 1. The molecule has 0 radical (unpaired) electrons. The number of primary amides is 2. The van der Waals surface area contributed by atoms with E-state index in [0.717, 1.165) is 4.90 Å². The van der Waals surface area contributed by atoms with Crippen molar-refractivity contribution in [2.24, 2.45) is 45.9 Å². The lowest BCUT2D eigenvalue weighted by Gasteiger charge is -2.64. The second kappa shape index (κ2) is 9.58. The number of aliphatic hydroxyl groups excluding tert-OH is 1. The monoisotopic (exact) mass is 603 g/mol. The van der Waals surface area contributed by atoms with E-state index in [9.17, 15) is 44.2 Å². The molecule has 0 aromatic heterocycles. The van der Waals surface area contributed by atoms with Crippen LogP contribution in [0, 0.1) is 28.6 Å². The van der Waals surface area contributed by atoms with Gasteiger partial charge < -0.3 is 38.9 Å². The molecule has 2 unspecified atom stereocenters. The first kappa shape index (κ1) is 30.6. The third kappa shape index (κ3) is 3.36. The van der Waals surface area contributed by atoms with E-state index in [0.29, 0.717) is 0 Å². The van der Waals surface area contributed by atoms with Crippen LogP contribution in [-0.4, -0.2) is 87.4 Å². The minimum Gasteiger partial charge on any atom is -0.507 e. The van der Waals surface area contributed by atoms with Gasteiger partial charge in [-0.15, -0.1) is 0 Å². The Bertz CT molecular complexity index is 1770. The number of benzene rings is 2. The first-order chi connectivity index (χ1) is 20.5. The maximum Gasteiger partial charge on any atom is 0.248 e. The molecule has 3 aliphatic carbocycles. The van der Waals surface area contributed by atoms with Gasteiger partial charge in [-0.1, -0.05) is 24.3 Å². The number of carbonyl (C=O) groups is 6. The molecule has 0 bridgehead atoms.